The van der Waals surface area contributed by atoms with Crippen molar-refractivity contribution in [2.24, 2.45) is 0 Å². The molecule has 1 amide bonds. The second kappa shape index (κ2) is 14.5. The summed E-state index contributed by atoms with van der Waals surface area (Å²) in [6, 6.07) is 7.30. The molecule has 1 heterocycles. The number of nitrogens with zero attached hydrogens (tertiary/aromatic N) is 2. The second-order valence-electron chi connectivity index (χ2n) is 7.77. The van der Waals surface area contributed by atoms with Gasteiger partial charge in [0.1, 0.15) is 0 Å². The summed E-state index contributed by atoms with van der Waals surface area (Å²) >= 11 is 1.59. The Morgan fingerprint density at radius 1 is 1.31 bits per heavy atom. The lowest BCUT2D eigenvalue weighted by Gasteiger charge is -2.13. The third-order valence-corrected chi connectivity index (χ3v) is 5.81. The molecule has 2 N–H and O–H groups in total. The number of hydrogen-bond acceptors (Lipinski definition) is 4. The van der Waals surface area contributed by atoms with Gasteiger partial charge in [-0.15, -0.1) is 11.8 Å². The van der Waals surface area contributed by atoms with Crippen LogP contribution in [-0.4, -0.2) is 28.0 Å². The summed E-state index contributed by atoms with van der Waals surface area (Å²) in [5.41, 5.74) is 5.26. The zero-order chi connectivity index (χ0) is 25.6. The van der Waals surface area contributed by atoms with Gasteiger partial charge in [0, 0.05) is 41.5 Å². The summed E-state index contributed by atoms with van der Waals surface area (Å²) in [5, 5.41) is 11.5. The van der Waals surface area contributed by atoms with Gasteiger partial charge in [0.15, 0.2) is 0 Å². The summed E-state index contributed by atoms with van der Waals surface area (Å²) in [4.78, 5) is 12.8. The number of aromatic nitrogens is 2. The van der Waals surface area contributed by atoms with Gasteiger partial charge in [-0.05, 0) is 57.5 Å². The Morgan fingerprint density at radius 2 is 2.11 bits per heavy atom. The standard InChI is InChI=1S/C29H34N4OS/c1-7-10-12-24(8-2)13-14-25-21-26(15-16-28(25)33-19-11-17-31-33)29(34)30-18-20-35-23(6)32-27(9-3)22(4)5/h7-8,10-12,15-17,19,21,32H,2,6,9,18,20H2,1,3-5H3,(H,30,34)/b10-7-,24-12+. The molecule has 182 valence electrons. The smallest absolute Gasteiger partial charge is 0.251 e. The molecule has 1 aromatic carbocycles. The Morgan fingerprint density at radius 3 is 2.74 bits per heavy atom. The van der Waals surface area contributed by atoms with Crippen LogP contribution in [-0.2, 0) is 0 Å². The van der Waals surface area contributed by atoms with E-state index in [0.29, 0.717) is 23.4 Å². The van der Waals surface area contributed by atoms with Crippen LogP contribution in [0.4, 0.5) is 0 Å². The molecule has 0 unspecified atom stereocenters. The van der Waals surface area contributed by atoms with Crippen molar-refractivity contribution in [1.82, 2.24) is 20.4 Å². The van der Waals surface area contributed by atoms with Crippen LogP contribution in [0.15, 0.2) is 96.0 Å². The summed E-state index contributed by atoms with van der Waals surface area (Å²) in [6.07, 6.45) is 11.9. The zero-order valence-electron chi connectivity index (χ0n) is 21.0. The van der Waals surface area contributed by atoms with Gasteiger partial charge >= 0.3 is 0 Å². The first kappa shape index (κ1) is 27.6. The van der Waals surface area contributed by atoms with Crippen LogP contribution in [0.5, 0.6) is 0 Å². The maximum atomic E-state index is 12.8. The lowest BCUT2D eigenvalue weighted by atomic mass is 10.1. The molecular weight excluding hydrogens is 452 g/mol. The summed E-state index contributed by atoms with van der Waals surface area (Å²) in [5.74, 6) is 6.88. The van der Waals surface area contributed by atoms with Crippen molar-refractivity contribution in [2.45, 2.75) is 34.1 Å². The van der Waals surface area contributed by atoms with E-state index in [4.69, 9.17) is 0 Å². The number of thioether (sulfide) groups is 1. The van der Waals surface area contributed by atoms with Gasteiger partial charge in [-0.1, -0.05) is 55.7 Å². The van der Waals surface area contributed by atoms with Crippen LogP contribution >= 0.6 is 11.8 Å². The Bertz CT molecular complexity index is 1190. The molecule has 0 radical (unpaired) electrons. The number of allylic oxidation sites excluding steroid dienone is 7. The van der Waals surface area contributed by atoms with Crippen molar-refractivity contribution in [3.05, 3.63) is 107 Å². The molecule has 0 fully saturated rings. The number of benzene rings is 1. The van der Waals surface area contributed by atoms with E-state index in [9.17, 15) is 4.79 Å². The van der Waals surface area contributed by atoms with Crippen molar-refractivity contribution in [1.29, 1.82) is 0 Å². The van der Waals surface area contributed by atoms with E-state index >= 15 is 0 Å². The molecule has 0 aliphatic carbocycles. The maximum absolute atomic E-state index is 12.8. The van der Waals surface area contributed by atoms with Gasteiger partial charge in [-0.25, -0.2) is 4.68 Å². The maximum Gasteiger partial charge on any atom is 0.251 e. The Hall–Kier alpha value is -3.69. The van der Waals surface area contributed by atoms with E-state index in [-0.39, 0.29) is 5.91 Å². The SMILES string of the molecule is C=C/C(C#Cc1cc(C(=O)NCCSC(=C)NC(CC)=C(C)C)ccc1-n1cccn1)=C\C=C/C. The highest BCUT2D eigenvalue weighted by atomic mass is 32.2. The van der Waals surface area contributed by atoms with Crippen LogP contribution in [0.1, 0.15) is 50.0 Å². The van der Waals surface area contributed by atoms with Crippen molar-refractivity contribution in [3.8, 4) is 17.5 Å². The third-order valence-electron chi connectivity index (χ3n) is 4.95. The topological polar surface area (TPSA) is 59.0 Å². The van der Waals surface area contributed by atoms with Crippen LogP contribution in [0.25, 0.3) is 5.69 Å². The molecule has 0 spiro atoms. The molecule has 0 saturated heterocycles. The molecular formula is C29H34N4OS. The van der Waals surface area contributed by atoms with Crippen LogP contribution in [0, 0.1) is 11.8 Å². The van der Waals surface area contributed by atoms with Crippen molar-refractivity contribution < 1.29 is 4.79 Å². The largest absolute Gasteiger partial charge is 0.354 e. The number of hydrogen-bond donors (Lipinski definition) is 2. The third kappa shape index (κ3) is 8.88. The number of rotatable bonds is 11. The lowest BCUT2D eigenvalue weighted by Crippen LogP contribution is -2.26. The molecule has 35 heavy (non-hydrogen) atoms. The fourth-order valence-corrected chi connectivity index (χ4v) is 3.75. The normalized spacial score (nSPS) is 10.9. The second-order valence-corrected chi connectivity index (χ2v) is 8.96. The average Bonchev–Trinajstić information content (AvgIpc) is 3.39. The molecule has 6 heteroatoms. The summed E-state index contributed by atoms with van der Waals surface area (Å²) < 4.78 is 1.74. The molecule has 0 saturated carbocycles. The minimum atomic E-state index is -0.147. The molecule has 2 rings (SSSR count). The summed E-state index contributed by atoms with van der Waals surface area (Å²) in [7, 11) is 0. The first-order valence-corrected chi connectivity index (χ1v) is 12.5. The van der Waals surface area contributed by atoms with Crippen molar-refractivity contribution >= 4 is 17.7 Å². The van der Waals surface area contributed by atoms with Crippen LogP contribution in [0.3, 0.4) is 0 Å². The van der Waals surface area contributed by atoms with E-state index < -0.39 is 0 Å². The van der Waals surface area contributed by atoms with Gasteiger partial charge < -0.3 is 10.6 Å². The minimum absolute atomic E-state index is 0.147. The lowest BCUT2D eigenvalue weighted by molar-refractivity contribution is 0.0956. The predicted molar refractivity (Wildman–Crippen MR) is 149 cm³/mol. The summed E-state index contributed by atoms with van der Waals surface area (Å²) in [6.45, 7) is 16.6. The van der Waals surface area contributed by atoms with Gasteiger partial charge in [0.25, 0.3) is 5.91 Å². The Labute approximate surface area is 213 Å². The molecule has 0 bridgehead atoms. The minimum Gasteiger partial charge on any atom is -0.354 e. The highest BCUT2D eigenvalue weighted by molar-refractivity contribution is 8.03. The fraction of sp³-hybridized carbons (Fsp3) is 0.241. The van der Waals surface area contributed by atoms with E-state index in [1.165, 1.54) is 11.3 Å². The highest BCUT2D eigenvalue weighted by Gasteiger charge is 2.10. The molecule has 0 aliphatic rings. The zero-order valence-corrected chi connectivity index (χ0v) is 21.8. The molecule has 0 aliphatic heterocycles. The van der Waals surface area contributed by atoms with Crippen molar-refractivity contribution in [3.63, 3.8) is 0 Å². The monoisotopic (exact) mass is 486 g/mol. The predicted octanol–water partition coefficient (Wildman–Crippen LogP) is 6.14. The molecule has 1 aromatic heterocycles. The van der Waals surface area contributed by atoms with E-state index in [0.717, 1.165) is 22.7 Å². The first-order chi connectivity index (χ1) is 16.9. The Balaban J connectivity index is 2.11. The van der Waals surface area contributed by atoms with Gasteiger partial charge in [0.05, 0.1) is 16.3 Å². The van der Waals surface area contributed by atoms with Crippen molar-refractivity contribution in [2.75, 3.05) is 12.3 Å². The van der Waals surface area contributed by atoms with Gasteiger partial charge in [0.2, 0.25) is 0 Å². The van der Waals surface area contributed by atoms with Gasteiger partial charge in [-0.3, -0.25) is 4.79 Å². The van der Waals surface area contributed by atoms with E-state index in [1.54, 1.807) is 40.8 Å². The molecule has 0 atom stereocenters. The average molecular weight is 487 g/mol. The fourth-order valence-electron chi connectivity index (χ4n) is 3.10. The number of amides is 1. The molecule has 2 aromatic rings. The quantitative estimate of drug-likeness (QED) is 0.228. The first-order valence-electron chi connectivity index (χ1n) is 11.5. The van der Waals surface area contributed by atoms with E-state index in [2.05, 4.69) is 61.5 Å². The Kier molecular flexibility index (Phi) is 11.5. The van der Waals surface area contributed by atoms with E-state index in [1.807, 2.05) is 43.5 Å². The number of carbonyl (C=O) groups excluding carboxylic acids is 1. The highest BCUT2D eigenvalue weighted by Crippen LogP contribution is 2.17. The number of carbonyl (C=O) groups is 1. The van der Waals surface area contributed by atoms with Crippen LogP contribution in [0.2, 0.25) is 0 Å². The molecule has 5 nitrogen and oxygen atoms in total. The van der Waals surface area contributed by atoms with Crippen LogP contribution < -0.4 is 10.6 Å². The van der Waals surface area contributed by atoms with Gasteiger partial charge in [-0.2, -0.15) is 5.10 Å². The number of nitrogens with one attached hydrogen (secondary N) is 2.